The quantitative estimate of drug-likeness (QED) is 0.832. The van der Waals surface area contributed by atoms with Gasteiger partial charge in [-0.15, -0.1) is 0 Å². The zero-order valence-electron chi connectivity index (χ0n) is 14.2. The molecule has 0 aromatic rings. The molecule has 0 aliphatic heterocycles. The van der Waals surface area contributed by atoms with Gasteiger partial charge in [0.25, 0.3) is 0 Å². The third-order valence-electron chi connectivity index (χ3n) is 5.79. The molecule has 122 valence electrons. The molecule has 0 aromatic heterocycles. The van der Waals surface area contributed by atoms with E-state index in [2.05, 4.69) is 26.1 Å². The fourth-order valence-corrected chi connectivity index (χ4v) is 4.29. The fourth-order valence-electron chi connectivity index (χ4n) is 4.29. The Morgan fingerprint density at radius 1 is 1.00 bits per heavy atom. The Morgan fingerprint density at radius 2 is 1.57 bits per heavy atom. The Morgan fingerprint density at radius 3 is 2.05 bits per heavy atom. The maximum absolute atomic E-state index is 11.9. The van der Waals surface area contributed by atoms with E-state index in [0.29, 0.717) is 17.4 Å². The van der Waals surface area contributed by atoms with Gasteiger partial charge in [-0.2, -0.15) is 0 Å². The zero-order valence-corrected chi connectivity index (χ0v) is 14.2. The molecule has 0 heterocycles. The van der Waals surface area contributed by atoms with Crippen molar-refractivity contribution in [1.82, 2.24) is 5.32 Å². The zero-order chi connectivity index (χ0) is 15.5. The smallest absolute Gasteiger partial charge is 0.234 e. The van der Waals surface area contributed by atoms with Crippen LogP contribution in [0.2, 0.25) is 0 Å². The van der Waals surface area contributed by atoms with Gasteiger partial charge in [0.05, 0.1) is 6.04 Å². The van der Waals surface area contributed by atoms with Crippen LogP contribution in [0.5, 0.6) is 0 Å². The van der Waals surface area contributed by atoms with E-state index in [1.54, 1.807) is 0 Å². The molecule has 1 unspecified atom stereocenters. The molecule has 2 fully saturated rings. The van der Waals surface area contributed by atoms with Crippen molar-refractivity contribution < 1.29 is 4.79 Å². The van der Waals surface area contributed by atoms with Crippen molar-refractivity contribution in [3.63, 3.8) is 0 Å². The van der Waals surface area contributed by atoms with Gasteiger partial charge in [0.15, 0.2) is 0 Å². The molecule has 2 rings (SSSR count). The lowest BCUT2D eigenvalue weighted by Crippen LogP contribution is -2.52. The molecule has 0 aromatic carbocycles. The second-order valence-corrected chi connectivity index (χ2v) is 8.36. The SMILES string of the molecule is CC(C)(C)C1CCC(C(NC2CCCCC2)C(N)=O)CC1. The highest BCUT2D eigenvalue weighted by molar-refractivity contribution is 5.80. The molecule has 2 aliphatic rings. The predicted octanol–water partition coefficient (Wildman–Crippen LogP) is 3.62. The molecule has 0 radical (unpaired) electrons. The second-order valence-electron chi connectivity index (χ2n) is 8.36. The minimum atomic E-state index is -0.139. The van der Waals surface area contributed by atoms with Crippen molar-refractivity contribution >= 4 is 5.91 Å². The first-order chi connectivity index (χ1) is 9.88. The number of nitrogens with one attached hydrogen (secondary N) is 1. The Labute approximate surface area is 130 Å². The molecule has 0 spiro atoms. The first-order valence-electron chi connectivity index (χ1n) is 8.93. The first-order valence-corrected chi connectivity index (χ1v) is 8.93. The Kier molecular flexibility index (Phi) is 5.70. The van der Waals surface area contributed by atoms with Crippen molar-refractivity contribution in [1.29, 1.82) is 0 Å². The largest absolute Gasteiger partial charge is 0.368 e. The van der Waals surface area contributed by atoms with Gasteiger partial charge >= 0.3 is 0 Å². The molecular weight excluding hydrogens is 260 g/mol. The van der Waals surface area contributed by atoms with Crippen molar-refractivity contribution in [3.05, 3.63) is 0 Å². The highest BCUT2D eigenvalue weighted by Crippen LogP contribution is 2.40. The van der Waals surface area contributed by atoms with Crippen LogP contribution in [-0.4, -0.2) is 18.0 Å². The lowest BCUT2D eigenvalue weighted by molar-refractivity contribution is -0.122. The summed E-state index contributed by atoms with van der Waals surface area (Å²) in [5.74, 6) is 1.10. The van der Waals surface area contributed by atoms with Gasteiger partial charge in [-0.1, -0.05) is 40.0 Å². The minimum absolute atomic E-state index is 0.103. The van der Waals surface area contributed by atoms with Crippen LogP contribution in [-0.2, 0) is 4.79 Å². The Hall–Kier alpha value is -0.570. The van der Waals surface area contributed by atoms with E-state index in [-0.39, 0.29) is 11.9 Å². The van der Waals surface area contributed by atoms with E-state index >= 15 is 0 Å². The van der Waals surface area contributed by atoms with Crippen LogP contribution in [0.15, 0.2) is 0 Å². The fraction of sp³-hybridized carbons (Fsp3) is 0.944. The summed E-state index contributed by atoms with van der Waals surface area (Å²) < 4.78 is 0. The van der Waals surface area contributed by atoms with Crippen LogP contribution >= 0.6 is 0 Å². The standard InChI is InChI=1S/C18H34N2O/c1-18(2,3)14-11-9-13(10-12-14)16(17(19)21)20-15-7-5-4-6-8-15/h13-16,20H,4-12H2,1-3H3,(H2,19,21). The van der Waals surface area contributed by atoms with Crippen molar-refractivity contribution in [3.8, 4) is 0 Å². The number of carbonyl (C=O) groups excluding carboxylic acids is 1. The van der Waals surface area contributed by atoms with E-state index in [1.807, 2.05) is 0 Å². The van der Waals surface area contributed by atoms with Crippen LogP contribution in [0.4, 0.5) is 0 Å². The number of nitrogens with two attached hydrogens (primary N) is 1. The summed E-state index contributed by atoms with van der Waals surface area (Å²) in [4.78, 5) is 11.9. The number of rotatable bonds is 4. The van der Waals surface area contributed by atoms with Gasteiger partial charge in [-0.3, -0.25) is 4.79 Å². The summed E-state index contributed by atoms with van der Waals surface area (Å²) in [6.45, 7) is 7.01. The van der Waals surface area contributed by atoms with E-state index < -0.39 is 0 Å². The highest BCUT2D eigenvalue weighted by atomic mass is 16.1. The number of primary amides is 1. The number of hydrogen-bond acceptors (Lipinski definition) is 2. The molecule has 1 amide bonds. The van der Waals surface area contributed by atoms with E-state index in [4.69, 9.17) is 5.73 Å². The average Bonchev–Trinajstić information content (AvgIpc) is 2.45. The molecule has 0 bridgehead atoms. The molecule has 2 saturated carbocycles. The molecule has 0 saturated heterocycles. The molecule has 2 aliphatic carbocycles. The summed E-state index contributed by atoms with van der Waals surface area (Å²) >= 11 is 0. The summed E-state index contributed by atoms with van der Waals surface area (Å²) in [7, 11) is 0. The Balaban J connectivity index is 1.89. The molecule has 1 atom stereocenters. The summed E-state index contributed by atoms with van der Waals surface area (Å²) in [6.07, 6.45) is 11.1. The van der Waals surface area contributed by atoms with Crippen LogP contribution in [0.3, 0.4) is 0 Å². The minimum Gasteiger partial charge on any atom is -0.368 e. The average molecular weight is 294 g/mol. The predicted molar refractivity (Wildman–Crippen MR) is 87.9 cm³/mol. The number of amides is 1. The summed E-state index contributed by atoms with van der Waals surface area (Å²) in [5.41, 5.74) is 6.10. The maximum atomic E-state index is 11.9. The molecular formula is C18H34N2O. The lowest BCUT2D eigenvalue weighted by Gasteiger charge is -2.40. The van der Waals surface area contributed by atoms with Crippen LogP contribution in [0.25, 0.3) is 0 Å². The van der Waals surface area contributed by atoms with Gasteiger partial charge in [-0.25, -0.2) is 0 Å². The molecule has 3 nitrogen and oxygen atoms in total. The van der Waals surface area contributed by atoms with E-state index in [0.717, 1.165) is 18.8 Å². The van der Waals surface area contributed by atoms with Crippen LogP contribution in [0.1, 0.15) is 78.6 Å². The highest BCUT2D eigenvalue weighted by Gasteiger charge is 2.35. The Bertz CT molecular complexity index is 334. The molecule has 21 heavy (non-hydrogen) atoms. The van der Waals surface area contributed by atoms with Gasteiger partial charge in [0.1, 0.15) is 0 Å². The van der Waals surface area contributed by atoms with Gasteiger partial charge in [-0.05, 0) is 55.8 Å². The van der Waals surface area contributed by atoms with Crippen molar-refractivity contribution in [2.24, 2.45) is 23.0 Å². The normalized spacial score (nSPS) is 30.0. The number of carbonyl (C=O) groups is 1. The first kappa shape index (κ1) is 16.8. The van der Waals surface area contributed by atoms with E-state index in [1.165, 1.54) is 44.9 Å². The topological polar surface area (TPSA) is 55.1 Å². The summed E-state index contributed by atoms with van der Waals surface area (Å²) in [6, 6.07) is 0.408. The third-order valence-corrected chi connectivity index (χ3v) is 5.79. The molecule has 3 N–H and O–H groups in total. The van der Waals surface area contributed by atoms with Gasteiger partial charge in [0.2, 0.25) is 5.91 Å². The lowest BCUT2D eigenvalue weighted by atomic mass is 9.68. The van der Waals surface area contributed by atoms with E-state index in [9.17, 15) is 4.79 Å². The van der Waals surface area contributed by atoms with Gasteiger partial charge < -0.3 is 11.1 Å². The number of hydrogen-bond donors (Lipinski definition) is 2. The van der Waals surface area contributed by atoms with Crippen molar-refractivity contribution in [2.45, 2.75) is 90.6 Å². The third kappa shape index (κ3) is 4.70. The van der Waals surface area contributed by atoms with Crippen LogP contribution < -0.4 is 11.1 Å². The maximum Gasteiger partial charge on any atom is 0.234 e. The second kappa shape index (κ2) is 7.13. The van der Waals surface area contributed by atoms with Crippen LogP contribution in [0, 0.1) is 17.3 Å². The molecule has 3 heteroatoms. The van der Waals surface area contributed by atoms with Gasteiger partial charge in [0, 0.05) is 6.04 Å². The van der Waals surface area contributed by atoms with Crippen molar-refractivity contribution in [2.75, 3.05) is 0 Å². The summed E-state index contributed by atoms with van der Waals surface area (Å²) in [5, 5.41) is 3.60. The monoisotopic (exact) mass is 294 g/mol.